The normalized spacial score (nSPS) is 20.1. The Morgan fingerprint density at radius 3 is 2.80 bits per heavy atom. The fourth-order valence-corrected chi connectivity index (χ4v) is 4.76. The van der Waals surface area contributed by atoms with Crippen molar-refractivity contribution in [1.29, 1.82) is 0 Å². The number of thiazole rings is 1. The number of rotatable bonds is 5. The molecule has 0 saturated carbocycles. The average Bonchev–Trinajstić information content (AvgIpc) is 3.16. The molecule has 3 heterocycles. The molecule has 4 rings (SSSR count). The minimum Gasteiger partial charge on any atom is -0.493 e. The molecule has 2 aliphatic heterocycles. The summed E-state index contributed by atoms with van der Waals surface area (Å²) in [5, 5.41) is 10.5. The van der Waals surface area contributed by atoms with Crippen molar-refractivity contribution in [3.63, 3.8) is 0 Å². The van der Waals surface area contributed by atoms with Crippen molar-refractivity contribution >= 4 is 41.3 Å². The average molecular weight is 542 g/mol. The van der Waals surface area contributed by atoms with Crippen LogP contribution in [0.1, 0.15) is 41.6 Å². The van der Waals surface area contributed by atoms with E-state index < -0.39 is 0 Å². The first-order valence-electron chi connectivity index (χ1n) is 10.5. The molecule has 1 saturated heterocycles. The van der Waals surface area contributed by atoms with Crippen molar-refractivity contribution in [1.82, 2.24) is 20.5 Å². The molecule has 1 atom stereocenters. The number of nitrogens with zero attached hydrogens (tertiary/aromatic N) is 3. The minimum atomic E-state index is 0. The molecule has 0 spiro atoms. The van der Waals surface area contributed by atoms with Crippen LogP contribution in [0.2, 0.25) is 0 Å². The number of piperidine rings is 1. The van der Waals surface area contributed by atoms with Gasteiger partial charge in [-0.05, 0) is 44.8 Å². The monoisotopic (exact) mass is 541 g/mol. The maximum atomic E-state index is 5.77. The Morgan fingerprint density at radius 2 is 2.07 bits per heavy atom. The van der Waals surface area contributed by atoms with Crippen LogP contribution in [0.15, 0.2) is 34.6 Å². The molecule has 0 bridgehead atoms. The van der Waals surface area contributed by atoms with Crippen LogP contribution in [0.3, 0.4) is 0 Å². The number of para-hydroxylation sites is 1. The standard InChI is InChI=1S/C22H31N5OS.HI/c1-16-25-18(15-29-16)14-27-10-7-17(8-11-27)13-24-22(23-2)26-20-9-12-28-21-6-4-3-5-19(20)21;/h3-6,15,17,20H,7-14H2,1-2H3,(H2,23,24,26);1H. The summed E-state index contributed by atoms with van der Waals surface area (Å²) in [7, 11) is 1.85. The smallest absolute Gasteiger partial charge is 0.191 e. The molecule has 2 N–H and O–H groups in total. The van der Waals surface area contributed by atoms with Gasteiger partial charge in [-0.1, -0.05) is 18.2 Å². The molecule has 1 fully saturated rings. The molecule has 1 aromatic carbocycles. The first-order chi connectivity index (χ1) is 14.2. The van der Waals surface area contributed by atoms with Gasteiger partial charge in [-0.15, -0.1) is 35.3 Å². The quantitative estimate of drug-likeness (QED) is 0.341. The second kappa shape index (κ2) is 11.3. The topological polar surface area (TPSA) is 61.8 Å². The maximum Gasteiger partial charge on any atom is 0.191 e. The molecular weight excluding hydrogens is 509 g/mol. The zero-order chi connectivity index (χ0) is 20.1. The summed E-state index contributed by atoms with van der Waals surface area (Å²) in [4.78, 5) is 11.6. The lowest BCUT2D eigenvalue weighted by molar-refractivity contribution is 0.176. The van der Waals surface area contributed by atoms with Crippen molar-refractivity contribution in [2.75, 3.05) is 33.3 Å². The lowest BCUT2D eigenvalue weighted by Crippen LogP contribution is -2.44. The number of aromatic nitrogens is 1. The van der Waals surface area contributed by atoms with Crippen molar-refractivity contribution in [2.45, 2.75) is 38.8 Å². The van der Waals surface area contributed by atoms with Gasteiger partial charge in [0.25, 0.3) is 0 Å². The lowest BCUT2D eigenvalue weighted by Gasteiger charge is -2.32. The predicted octanol–water partition coefficient (Wildman–Crippen LogP) is 3.97. The number of ether oxygens (including phenoxy) is 1. The highest BCUT2D eigenvalue weighted by Crippen LogP contribution is 2.31. The summed E-state index contributed by atoms with van der Waals surface area (Å²) in [6.07, 6.45) is 3.38. The van der Waals surface area contributed by atoms with E-state index in [2.05, 4.69) is 49.9 Å². The van der Waals surface area contributed by atoms with Crippen LogP contribution >= 0.6 is 35.3 Å². The number of hydrogen-bond acceptors (Lipinski definition) is 5. The predicted molar refractivity (Wildman–Crippen MR) is 134 cm³/mol. The number of likely N-dealkylation sites (tertiary alicyclic amines) is 1. The highest BCUT2D eigenvalue weighted by molar-refractivity contribution is 14.0. The van der Waals surface area contributed by atoms with Crippen molar-refractivity contribution < 1.29 is 4.74 Å². The number of aliphatic imine (C=N–C) groups is 1. The lowest BCUT2D eigenvalue weighted by atomic mass is 9.96. The van der Waals surface area contributed by atoms with Crippen LogP contribution < -0.4 is 15.4 Å². The molecule has 30 heavy (non-hydrogen) atoms. The van der Waals surface area contributed by atoms with Crippen LogP contribution in [0.5, 0.6) is 5.75 Å². The van der Waals surface area contributed by atoms with E-state index in [9.17, 15) is 0 Å². The van der Waals surface area contributed by atoms with Gasteiger partial charge >= 0.3 is 0 Å². The van der Waals surface area contributed by atoms with Gasteiger partial charge in [0, 0.05) is 37.5 Å². The molecule has 0 radical (unpaired) electrons. The largest absolute Gasteiger partial charge is 0.493 e. The SMILES string of the molecule is CN=C(NCC1CCN(Cc2csc(C)n2)CC1)NC1CCOc2ccccc21.I. The molecule has 0 amide bonds. The summed E-state index contributed by atoms with van der Waals surface area (Å²) >= 11 is 1.74. The van der Waals surface area contributed by atoms with Crippen molar-refractivity contribution in [3.8, 4) is 5.75 Å². The molecular formula is C22H32IN5OS. The van der Waals surface area contributed by atoms with E-state index in [1.807, 2.05) is 19.2 Å². The van der Waals surface area contributed by atoms with E-state index in [0.29, 0.717) is 5.92 Å². The fourth-order valence-electron chi connectivity index (χ4n) is 4.15. The van der Waals surface area contributed by atoms with Crippen LogP contribution in [0, 0.1) is 12.8 Å². The zero-order valence-corrected chi connectivity index (χ0v) is 20.9. The summed E-state index contributed by atoms with van der Waals surface area (Å²) in [6.45, 7) is 7.05. The minimum absolute atomic E-state index is 0. The highest BCUT2D eigenvalue weighted by atomic mass is 127. The van der Waals surface area contributed by atoms with E-state index in [1.54, 1.807) is 11.3 Å². The van der Waals surface area contributed by atoms with Crippen LogP contribution in [0.25, 0.3) is 0 Å². The zero-order valence-electron chi connectivity index (χ0n) is 17.8. The first kappa shape index (κ1) is 23.3. The molecule has 2 aromatic rings. The maximum absolute atomic E-state index is 5.77. The third-order valence-electron chi connectivity index (χ3n) is 5.81. The number of nitrogens with one attached hydrogen (secondary N) is 2. The Hall–Kier alpha value is -1.39. The van der Waals surface area contributed by atoms with Crippen LogP contribution in [-0.2, 0) is 6.54 Å². The van der Waals surface area contributed by atoms with Gasteiger partial charge in [-0.25, -0.2) is 4.98 Å². The number of halogens is 1. The van der Waals surface area contributed by atoms with Crippen molar-refractivity contribution in [3.05, 3.63) is 45.9 Å². The van der Waals surface area contributed by atoms with Crippen LogP contribution in [0.4, 0.5) is 0 Å². The fraction of sp³-hybridized carbons (Fsp3) is 0.545. The number of guanidine groups is 1. The summed E-state index contributed by atoms with van der Waals surface area (Å²) < 4.78 is 5.77. The number of hydrogen-bond donors (Lipinski definition) is 2. The Kier molecular flexibility index (Phi) is 8.76. The molecule has 0 aliphatic carbocycles. The second-order valence-electron chi connectivity index (χ2n) is 7.90. The van der Waals surface area contributed by atoms with Crippen molar-refractivity contribution in [2.24, 2.45) is 10.9 Å². The summed E-state index contributed by atoms with van der Waals surface area (Å²) in [6, 6.07) is 8.52. The Labute approximate surface area is 200 Å². The molecule has 1 unspecified atom stereocenters. The van der Waals surface area contributed by atoms with Crippen LogP contribution in [-0.4, -0.2) is 49.1 Å². The third-order valence-corrected chi connectivity index (χ3v) is 6.63. The Balaban J connectivity index is 0.00000256. The van der Waals surface area contributed by atoms with Gasteiger partial charge in [-0.2, -0.15) is 0 Å². The summed E-state index contributed by atoms with van der Waals surface area (Å²) in [5.41, 5.74) is 2.43. The molecule has 6 nitrogen and oxygen atoms in total. The molecule has 2 aliphatic rings. The van der Waals surface area contributed by atoms with Gasteiger partial charge in [-0.3, -0.25) is 9.89 Å². The number of fused-ring (bicyclic) bond motifs is 1. The molecule has 164 valence electrons. The second-order valence-corrected chi connectivity index (χ2v) is 8.96. The van der Waals surface area contributed by atoms with E-state index in [-0.39, 0.29) is 30.0 Å². The Morgan fingerprint density at radius 1 is 1.27 bits per heavy atom. The van der Waals surface area contributed by atoms with E-state index >= 15 is 0 Å². The van der Waals surface area contributed by atoms with E-state index in [4.69, 9.17) is 4.74 Å². The highest BCUT2D eigenvalue weighted by Gasteiger charge is 2.23. The van der Waals surface area contributed by atoms with E-state index in [1.165, 1.54) is 24.1 Å². The van der Waals surface area contributed by atoms with Gasteiger partial charge < -0.3 is 15.4 Å². The van der Waals surface area contributed by atoms with Gasteiger partial charge in [0.2, 0.25) is 0 Å². The number of aryl methyl sites for hydroxylation is 1. The Bertz CT molecular complexity index is 834. The van der Waals surface area contributed by atoms with Gasteiger partial charge in [0.05, 0.1) is 23.4 Å². The van der Waals surface area contributed by atoms with Gasteiger partial charge in [0.15, 0.2) is 5.96 Å². The first-order valence-corrected chi connectivity index (χ1v) is 11.4. The van der Waals surface area contributed by atoms with Gasteiger partial charge in [0.1, 0.15) is 5.75 Å². The molecule has 1 aromatic heterocycles. The summed E-state index contributed by atoms with van der Waals surface area (Å²) in [5.74, 6) is 2.55. The van der Waals surface area contributed by atoms with E-state index in [0.717, 1.165) is 55.9 Å². The third kappa shape index (κ3) is 6.07. The molecule has 8 heteroatoms. The number of benzene rings is 1.